The summed E-state index contributed by atoms with van der Waals surface area (Å²) in [4.78, 5) is 11.4. The van der Waals surface area contributed by atoms with Crippen LogP contribution < -0.4 is 5.73 Å². The molecule has 3 nitrogen and oxygen atoms in total. The Kier molecular flexibility index (Phi) is 3.73. The Bertz CT molecular complexity index is 330. The van der Waals surface area contributed by atoms with Gasteiger partial charge in [-0.2, -0.15) is 0 Å². The Labute approximate surface area is 83.2 Å². The third-order valence-electron chi connectivity index (χ3n) is 1.75. The fourth-order valence-electron chi connectivity index (χ4n) is 1.11. The van der Waals surface area contributed by atoms with Gasteiger partial charge in [0.1, 0.15) is 0 Å². The Hall–Kier alpha value is -1.77. The number of carbonyl (C=O) groups is 1. The molecule has 0 spiro atoms. The standard InChI is InChI=1S/C11H13NO2/c1-2-14-11(13)10(8-12)9-6-4-3-5-7-9/h3-8H,2,12H2,1H3. The monoisotopic (exact) mass is 191 g/mol. The van der Waals surface area contributed by atoms with E-state index in [9.17, 15) is 4.79 Å². The van der Waals surface area contributed by atoms with Gasteiger partial charge >= 0.3 is 5.97 Å². The molecule has 0 aliphatic rings. The number of esters is 1. The third kappa shape index (κ3) is 2.36. The average molecular weight is 191 g/mol. The summed E-state index contributed by atoms with van der Waals surface area (Å²) in [5, 5.41) is 0. The predicted molar refractivity (Wildman–Crippen MR) is 55.2 cm³/mol. The minimum atomic E-state index is -0.388. The van der Waals surface area contributed by atoms with Gasteiger partial charge in [0.15, 0.2) is 0 Å². The van der Waals surface area contributed by atoms with Crippen LogP contribution in [-0.4, -0.2) is 12.6 Å². The Balaban J connectivity index is 2.89. The maximum Gasteiger partial charge on any atom is 0.340 e. The first kappa shape index (κ1) is 10.3. The van der Waals surface area contributed by atoms with Crippen LogP contribution in [0.25, 0.3) is 5.57 Å². The molecule has 0 amide bonds. The fourth-order valence-corrected chi connectivity index (χ4v) is 1.11. The van der Waals surface area contributed by atoms with Crippen molar-refractivity contribution in [2.45, 2.75) is 6.92 Å². The number of hydrogen-bond acceptors (Lipinski definition) is 3. The Morgan fingerprint density at radius 3 is 2.57 bits per heavy atom. The first-order valence-electron chi connectivity index (χ1n) is 4.44. The Morgan fingerprint density at radius 2 is 2.07 bits per heavy atom. The van der Waals surface area contributed by atoms with E-state index >= 15 is 0 Å². The SMILES string of the molecule is CCOC(=O)C(=CN)c1ccccc1. The van der Waals surface area contributed by atoms with Crippen LogP contribution in [-0.2, 0) is 9.53 Å². The molecule has 0 aliphatic carbocycles. The van der Waals surface area contributed by atoms with Gasteiger partial charge < -0.3 is 10.5 Å². The molecule has 0 saturated carbocycles. The van der Waals surface area contributed by atoms with Crippen LogP contribution in [0.15, 0.2) is 36.5 Å². The van der Waals surface area contributed by atoms with Gasteiger partial charge in [-0.3, -0.25) is 0 Å². The minimum Gasteiger partial charge on any atom is -0.462 e. The lowest BCUT2D eigenvalue weighted by Crippen LogP contribution is -2.08. The molecular formula is C11H13NO2. The van der Waals surface area contributed by atoms with Crippen molar-refractivity contribution in [2.75, 3.05) is 6.61 Å². The number of rotatable bonds is 3. The van der Waals surface area contributed by atoms with Crippen LogP contribution in [0, 0.1) is 0 Å². The lowest BCUT2D eigenvalue weighted by molar-refractivity contribution is -0.136. The van der Waals surface area contributed by atoms with E-state index in [4.69, 9.17) is 10.5 Å². The van der Waals surface area contributed by atoms with E-state index in [-0.39, 0.29) is 5.97 Å². The molecule has 0 unspecified atom stereocenters. The van der Waals surface area contributed by atoms with Gasteiger partial charge in [-0.05, 0) is 12.5 Å². The molecule has 2 N–H and O–H groups in total. The smallest absolute Gasteiger partial charge is 0.340 e. The summed E-state index contributed by atoms with van der Waals surface area (Å²) in [6.07, 6.45) is 1.27. The van der Waals surface area contributed by atoms with Gasteiger partial charge in [0.25, 0.3) is 0 Å². The molecule has 14 heavy (non-hydrogen) atoms. The van der Waals surface area contributed by atoms with E-state index < -0.39 is 0 Å². The summed E-state index contributed by atoms with van der Waals surface area (Å²) in [6.45, 7) is 2.11. The van der Waals surface area contributed by atoms with Gasteiger partial charge in [0.2, 0.25) is 0 Å². The molecule has 1 aromatic carbocycles. The van der Waals surface area contributed by atoms with E-state index in [1.54, 1.807) is 6.92 Å². The summed E-state index contributed by atoms with van der Waals surface area (Å²) in [7, 11) is 0. The second-order valence-electron chi connectivity index (χ2n) is 2.67. The quantitative estimate of drug-likeness (QED) is 0.582. The normalized spacial score (nSPS) is 11.1. The summed E-state index contributed by atoms with van der Waals surface area (Å²) >= 11 is 0. The van der Waals surface area contributed by atoms with Crippen LogP contribution in [0.4, 0.5) is 0 Å². The van der Waals surface area contributed by atoms with E-state index in [1.165, 1.54) is 6.20 Å². The lowest BCUT2D eigenvalue weighted by Gasteiger charge is -2.05. The minimum absolute atomic E-state index is 0.350. The molecule has 1 rings (SSSR count). The number of ether oxygens (including phenoxy) is 1. The molecule has 0 saturated heterocycles. The van der Waals surface area contributed by atoms with Gasteiger partial charge in [-0.1, -0.05) is 30.3 Å². The first-order valence-corrected chi connectivity index (χ1v) is 4.44. The lowest BCUT2D eigenvalue weighted by atomic mass is 10.1. The molecule has 1 aromatic rings. The van der Waals surface area contributed by atoms with Crippen LogP contribution in [0.5, 0.6) is 0 Å². The first-order chi connectivity index (χ1) is 6.79. The van der Waals surface area contributed by atoms with Gasteiger partial charge in [0, 0.05) is 6.20 Å². The zero-order valence-electron chi connectivity index (χ0n) is 8.07. The van der Waals surface area contributed by atoms with Crippen LogP contribution in [0.2, 0.25) is 0 Å². The van der Waals surface area contributed by atoms with E-state index in [1.807, 2.05) is 30.3 Å². The van der Waals surface area contributed by atoms with E-state index in [0.29, 0.717) is 12.2 Å². The summed E-state index contributed by atoms with van der Waals surface area (Å²) in [6, 6.07) is 9.20. The topological polar surface area (TPSA) is 52.3 Å². The molecule has 3 heteroatoms. The maximum absolute atomic E-state index is 11.4. The third-order valence-corrected chi connectivity index (χ3v) is 1.75. The highest BCUT2D eigenvalue weighted by atomic mass is 16.5. The second-order valence-corrected chi connectivity index (χ2v) is 2.67. The number of carbonyl (C=O) groups excluding carboxylic acids is 1. The molecule has 74 valence electrons. The van der Waals surface area contributed by atoms with Gasteiger partial charge in [0.05, 0.1) is 12.2 Å². The highest BCUT2D eigenvalue weighted by molar-refractivity contribution is 6.16. The van der Waals surface area contributed by atoms with Crippen molar-refractivity contribution in [3.63, 3.8) is 0 Å². The second kappa shape index (κ2) is 5.07. The van der Waals surface area contributed by atoms with Crippen molar-refractivity contribution < 1.29 is 9.53 Å². The number of hydrogen-bond donors (Lipinski definition) is 1. The highest BCUT2D eigenvalue weighted by Gasteiger charge is 2.11. The summed E-state index contributed by atoms with van der Waals surface area (Å²) in [5.74, 6) is -0.388. The molecule has 0 aliphatic heterocycles. The van der Waals surface area contributed by atoms with Crippen LogP contribution in [0.1, 0.15) is 12.5 Å². The van der Waals surface area contributed by atoms with Crippen molar-refractivity contribution in [3.05, 3.63) is 42.1 Å². The fraction of sp³-hybridized carbons (Fsp3) is 0.182. The number of benzene rings is 1. The highest BCUT2D eigenvalue weighted by Crippen LogP contribution is 2.14. The maximum atomic E-state index is 11.4. The van der Waals surface area contributed by atoms with Crippen molar-refractivity contribution in [2.24, 2.45) is 5.73 Å². The molecule has 0 radical (unpaired) electrons. The zero-order valence-corrected chi connectivity index (χ0v) is 8.07. The molecule has 0 heterocycles. The molecule has 0 fully saturated rings. The molecule has 0 aromatic heterocycles. The Morgan fingerprint density at radius 1 is 1.43 bits per heavy atom. The number of nitrogens with two attached hydrogens (primary N) is 1. The van der Waals surface area contributed by atoms with Crippen molar-refractivity contribution in [1.82, 2.24) is 0 Å². The molecule has 0 bridgehead atoms. The predicted octanol–water partition coefficient (Wildman–Crippen LogP) is 1.55. The summed E-state index contributed by atoms with van der Waals surface area (Å²) < 4.78 is 4.86. The van der Waals surface area contributed by atoms with Crippen molar-refractivity contribution >= 4 is 11.5 Å². The largest absolute Gasteiger partial charge is 0.462 e. The van der Waals surface area contributed by atoms with Crippen LogP contribution in [0.3, 0.4) is 0 Å². The molecule has 0 atom stereocenters. The van der Waals surface area contributed by atoms with E-state index in [2.05, 4.69) is 0 Å². The van der Waals surface area contributed by atoms with Gasteiger partial charge in [-0.15, -0.1) is 0 Å². The molecular weight excluding hydrogens is 178 g/mol. The van der Waals surface area contributed by atoms with E-state index in [0.717, 1.165) is 5.56 Å². The average Bonchev–Trinajstić information content (AvgIpc) is 2.21. The van der Waals surface area contributed by atoms with Crippen molar-refractivity contribution in [1.29, 1.82) is 0 Å². The van der Waals surface area contributed by atoms with Crippen LogP contribution >= 0.6 is 0 Å². The zero-order chi connectivity index (χ0) is 10.4. The van der Waals surface area contributed by atoms with Crippen molar-refractivity contribution in [3.8, 4) is 0 Å². The summed E-state index contributed by atoms with van der Waals surface area (Å²) in [5.41, 5.74) is 6.54. The van der Waals surface area contributed by atoms with Gasteiger partial charge in [-0.25, -0.2) is 4.79 Å².